The number of piperidine rings is 1. The van der Waals surface area contributed by atoms with Crippen molar-refractivity contribution in [2.45, 2.75) is 25.6 Å². The van der Waals surface area contributed by atoms with Crippen molar-refractivity contribution in [3.05, 3.63) is 28.2 Å². The lowest BCUT2D eigenvalue weighted by molar-refractivity contribution is -0.185. The van der Waals surface area contributed by atoms with Gasteiger partial charge in [0, 0.05) is 11.0 Å². The van der Waals surface area contributed by atoms with E-state index >= 15 is 0 Å². The van der Waals surface area contributed by atoms with E-state index in [1.807, 2.05) is 18.2 Å². The number of ether oxygens (including phenoxy) is 1. The van der Waals surface area contributed by atoms with E-state index in [0.29, 0.717) is 19.6 Å². The molecule has 1 aliphatic heterocycles. The Labute approximate surface area is 125 Å². The van der Waals surface area contributed by atoms with Crippen molar-refractivity contribution in [3.63, 3.8) is 0 Å². The van der Waals surface area contributed by atoms with Crippen LogP contribution in [0.5, 0.6) is 5.75 Å². The first-order valence-corrected chi connectivity index (χ1v) is 7.31. The second-order valence-corrected chi connectivity index (χ2v) is 5.90. The largest absolute Gasteiger partial charge is 0.497 e. The Morgan fingerprint density at radius 3 is 2.50 bits per heavy atom. The molecule has 0 aliphatic carbocycles. The summed E-state index contributed by atoms with van der Waals surface area (Å²) in [5.74, 6) is -0.388. The summed E-state index contributed by atoms with van der Waals surface area (Å²) in [6, 6.07) is 5.67. The zero-order valence-electron chi connectivity index (χ0n) is 11.2. The van der Waals surface area contributed by atoms with Crippen molar-refractivity contribution in [1.29, 1.82) is 0 Å². The lowest BCUT2D eigenvalue weighted by atomic mass is 9.96. The second-order valence-electron chi connectivity index (χ2n) is 5.05. The average Bonchev–Trinajstić information content (AvgIpc) is 2.41. The number of methoxy groups -OCH3 is 1. The van der Waals surface area contributed by atoms with Gasteiger partial charge in [-0.1, -0.05) is 15.9 Å². The van der Waals surface area contributed by atoms with Crippen molar-refractivity contribution in [2.24, 2.45) is 5.92 Å². The van der Waals surface area contributed by atoms with Gasteiger partial charge in [-0.15, -0.1) is 0 Å². The molecule has 0 aromatic heterocycles. The molecule has 2 nitrogen and oxygen atoms in total. The minimum absolute atomic E-state index is 0.186. The number of benzene rings is 1. The summed E-state index contributed by atoms with van der Waals surface area (Å²) in [6.45, 7) is 1.60. The van der Waals surface area contributed by atoms with Crippen molar-refractivity contribution < 1.29 is 17.9 Å². The number of hydrogen-bond acceptors (Lipinski definition) is 2. The van der Waals surface area contributed by atoms with Crippen LogP contribution < -0.4 is 4.74 Å². The first-order valence-electron chi connectivity index (χ1n) is 6.51. The van der Waals surface area contributed by atoms with Gasteiger partial charge < -0.3 is 4.74 Å². The van der Waals surface area contributed by atoms with Crippen LogP contribution in [0.4, 0.5) is 13.2 Å². The first-order chi connectivity index (χ1) is 9.40. The maximum Gasteiger partial charge on any atom is 0.391 e. The fourth-order valence-electron chi connectivity index (χ4n) is 2.46. The molecule has 2 rings (SSSR count). The third-order valence-electron chi connectivity index (χ3n) is 3.70. The van der Waals surface area contributed by atoms with Gasteiger partial charge in [0.1, 0.15) is 5.75 Å². The Balaban J connectivity index is 1.96. The van der Waals surface area contributed by atoms with Crippen LogP contribution in [-0.4, -0.2) is 31.3 Å². The Morgan fingerprint density at radius 1 is 1.30 bits per heavy atom. The van der Waals surface area contributed by atoms with E-state index in [4.69, 9.17) is 4.74 Å². The first kappa shape index (κ1) is 15.6. The fourth-order valence-corrected chi connectivity index (χ4v) is 2.83. The standard InChI is InChI=1S/C14H17BrF3NO/c1-20-12-2-3-13(15)10(8-12)9-19-6-4-11(5-7-19)14(16,17)18/h2-3,8,11H,4-7,9H2,1H3. The van der Waals surface area contributed by atoms with Crippen LogP contribution in [0.3, 0.4) is 0 Å². The van der Waals surface area contributed by atoms with Gasteiger partial charge in [0.05, 0.1) is 13.0 Å². The summed E-state index contributed by atoms with van der Waals surface area (Å²) in [7, 11) is 1.60. The van der Waals surface area contributed by atoms with Crippen molar-refractivity contribution in [2.75, 3.05) is 20.2 Å². The van der Waals surface area contributed by atoms with Crippen LogP contribution >= 0.6 is 15.9 Å². The van der Waals surface area contributed by atoms with E-state index in [2.05, 4.69) is 20.8 Å². The summed E-state index contributed by atoms with van der Waals surface area (Å²) in [6.07, 6.45) is -3.68. The van der Waals surface area contributed by atoms with Crippen molar-refractivity contribution >= 4 is 15.9 Å². The molecule has 1 aromatic carbocycles. The number of halogens is 4. The highest BCUT2D eigenvalue weighted by atomic mass is 79.9. The molecule has 1 fully saturated rings. The Morgan fingerprint density at radius 2 is 1.95 bits per heavy atom. The molecule has 0 unspecified atom stereocenters. The summed E-state index contributed by atoms with van der Waals surface area (Å²) in [5, 5.41) is 0. The normalized spacial score (nSPS) is 18.2. The molecule has 0 atom stereocenters. The number of rotatable bonds is 3. The van der Waals surface area contributed by atoms with Gasteiger partial charge in [-0.2, -0.15) is 13.2 Å². The number of nitrogens with zero attached hydrogens (tertiary/aromatic N) is 1. The van der Waals surface area contributed by atoms with E-state index in [0.717, 1.165) is 15.8 Å². The summed E-state index contributed by atoms with van der Waals surface area (Å²) in [4.78, 5) is 2.06. The van der Waals surface area contributed by atoms with E-state index in [9.17, 15) is 13.2 Å². The molecule has 112 valence electrons. The van der Waals surface area contributed by atoms with E-state index in [-0.39, 0.29) is 12.8 Å². The molecule has 20 heavy (non-hydrogen) atoms. The Hall–Kier alpha value is -0.750. The van der Waals surface area contributed by atoms with Crippen LogP contribution in [0, 0.1) is 5.92 Å². The minimum atomic E-state index is -4.05. The highest BCUT2D eigenvalue weighted by Gasteiger charge is 2.40. The van der Waals surface area contributed by atoms with Crippen LogP contribution in [0.25, 0.3) is 0 Å². The molecule has 0 amide bonds. The monoisotopic (exact) mass is 351 g/mol. The molecule has 1 heterocycles. The zero-order valence-corrected chi connectivity index (χ0v) is 12.8. The second kappa shape index (κ2) is 6.35. The quantitative estimate of drug-likeness (QED) is 0.807. The number of likely N-dealkylation sites (tertiary alicyclic amines) is 1. The lowest BCUT2D eigenvalue weighted by Crippen LogP contribution is -2.38. The van der Waals surface area contributed by atoms with Gasteiger partial charge in [0.15, 0.2) is 0 Å². The molecule has 0 saturated carbocycles. The van der Waals surface area contributed by atoms with Gasteiger partial charge in [-0.25, -0.2) is 0 Å². The molecule has 1 aromatic rings. The SMILES string of the molecule is COc1ccc(Br)c(CN2CCC(C(F)(F)F)CC2)c1. The van der Waals surface area contributed by atoms with Crippen LogP contribution in [0.1, 0.15) is 18.4 Å². The maximum absolute atomic E-state index is 12.6. The predicted molar refractivity (Wildman–Crippen MR) is 74.8 cm³/mol. The molecule has 1 saturated heterocycles. The maximum atomic E-state index is 12.6. The van der Waals surface area contributed by atoms with Crippen molar-refractivity contribution in [1.82, 2.24) is 4.90 Å². The molecule has 0 radical (unpaired) electrons. The summed E-state index contributed by atoms with van der Waals surface area (Å²) in [5.41, 5.74) is 1.04. The van der Waals surface area contributed by atoms with E-state index < -0.39 is 12.1 Å². The van der Waals surface area contributed by atoms with Gasteiger partial charge in [-0.3, -0.25) is 4.90 Å². The smallest absolute Gasteiger partial charge is 0.391 e. The molecule has 1 aliphatic rings. The molecule has 0 spiro atoms. The Kier molecular flexibility index (Phi) is 4.96. The van der Waals surface area contributed by atoms with E-state index in [1.54, 1.807) is 7.11 Å². The molecule has 0 N–H and O–H groups in total. The molecular weight excluding hydrogens is 335 g/mol. The fraction of sp³-hybridized carbons (Fsp3) is 0.571. The highest BCUT2D eigenvalue weighted by molar-refractivity contribution is 9.10. The van der Waals surface area contributed by atoms with Gasteiger partial charge in [0.25, 0.3) is 0 Å². The Bertz CT molecular complexity index is 456. The number of hydrogen-bond donors (Lipinski definition) is 0. The summed E-state index contributed by atoms with van der Waals surface area (Å²) < 4.78 is 44.0. The van der Waals surface area contributed by atoms with Gasteiger partial charge >= 0.3 is 6.18 Å². The van der Waals surface area contributed by atoms with Gasteiger partial charge in [-0.05, 0) is 49.7 Å². The van der Waals surface area contributed by atoms with Crippen LogP contribution in [0.15, 0.2) is 22.7 Å². The van der Waals surface area contributed by atoms with E-state index in [1.165, 1.54) is 0 Å². The third kappa shape index (κ3) is 3.88. The van der Waals surface area contributed by atoms with Crippen molar-refractivity contribution in [3.8, 4) is 5.75 Å². The highest BCUT2D eigenvalue weighted by Crippen LogP contribution is 2.35. The molecule has 0 bridgehead atoms. The zero-order chi connectivity index (χ0) is 14.8. The number of alkyl halides is 3. The summed E-state index contributed by atoms with van der Waals surface area (Å²) >= 11 is 3.47. The van der Waals surface area contributed by atoms with Crippen LogP contribution in [0.2, 0.25) is 0 Å². The third-order valence-corrected chi connectivity index (χ3v) is 4.47. The van der Waals surface area contributed by atoms with Crippen LogP contribution in [-0.2, 0) is 6.54 Å². The lowest BCUT2D eigenvalue weighted by Gasteiger charge is -2.33. The average molecular weight is 352 g/mol. The minimum Gasteiger partial charge on any atom is -0.497 e. The predicted octanol–water partition coefficient (Wildman–Crippen LogP) is 4.23. The molecular formula is C14H17BrF3NO. The molecule has 6 heteroatoms. The topological polar surface area (TPSA) is 12.5 Å². The van der Waals surface area contributed by atoms with Gasteiger partial charge in [0.2, 0.25) is 0 Å².